The fraction of sp³-hybridized carbons (Fsp3) is 0.412. The quantitative estimate of drug-likeness (QED) is 0.0399. The van der Waals surface area contributed by atoms with E-state index in [0.717, 1.165) is 0 Å². The molecule has 0 saturated carbocycles. The number of aromatic nitrogens is 8. The van der Waals surface area contributed by atoms with E-state index in [2.05, 4.69) is 21.3 Å². The van der Waals surface area contributed by atoms with Crippen LogP contribution in [0.5, 0.6) is 0 Å². The van der Waals surface area contributed by atoms with E-state index in [1.807, 2.05) is 0 Å². The second-order valence-electron chi connectivity index (χ2n) is 26.7. The number of nitrogens with zero attached hydrogens (tertiary/aromatic N) is 8. The van der Waals surface area contributed by atoms with Crippen molar-refractivity contribution in [1.29, 1.82) is 0 Å². The van der Waals surface area contributed by atoms with E-state index in [9.17, 15) is 38.4 Å². The maximum atomic E-state index is 13.4. The maximum Gasteiger partial charge on any atom is 2.00 e. The van der Waals surface area contributed by atoms with Crippen molar-refractivity contribution in [2.75, 3.05) is 28.4 Å². The number of hydrogen-bond donors (Lipinski definition) is 4. The smallest absolute Gasteiger partial charge is 0.467 e. The van der Waals surface area contributed by atoms with Crippen LogP contribution in [0.4, 0.5) is 19.2 Å². The molecule has 4 atom stereocenters. The van der Waals surface area contributed by atoms with E-state index in [1.165, 1.54) is 28.4 Å². The van der Waals surface area contributed by atoms with Gasteiger partial charge in [-0.1, -0.05) is 60.7 Å². The summed E-state index contributed by atoms with van der Waals surface area (Å²) in [4.78, 5) is 147. The van der Waals surface area contributed by atoms with Gasteiger partial charge in [0.05, 0.1) is 51.7 Å². The summed E-state index contributed by atoms with van der Waals surface area (Å²) < 4.78 is 42.5. The molecule has 0 radical (unpaired) electrons. The van der Waals surface area contributed by atoms with Gasteiger partial charge in [-0.15, -0.1) is 0 Å². The molecule has 0 spiro atoms. The minimum absolute atomic E-state index is 0. The summed E-state index contributed by atoms with van der Waals surface area (Å²) in [6.45, 7) is 20.3. The summed E-state index contributed by atoms with van der Waals surface area (Å²) in [6.07, 6.45) is -3.72. The number of alkyl carbamates (subject to hydrolysis) is 4. The molecule has 4 amide bonds. The summed E-state index contributed by atoms with van der Waals surface area (Å²) in [6, 6.07) is 16.0. The van der Waals surface area contributed by atoms with Crippen LogP contribution in [0, 0.1) is 0 Å². The Morgan fingerprint density at radius 2 is 0.577 bits per heavy atom. The first-order valence-electron chi connectivity index (χ1n) is 30.6. The number of carbonyl (C=O) groups excluding carboxylic acids is 8. The zero-order chi connectivity index (χ0) is 69.9. The molecule has 5 heterocycles. The van der Waals surface area contributed by atoms with Crippen molar-refractivity contribution in [3.63, 3.8) is 0 Å². The van der Waals surface area contributed by atoms with Crippen LogP contribution in [0.25, 0.3) is 89.7 Å². The zero-order valence-electron chi connectivity index (χ0n) is 56.9. The van der Waals surface area contributed by atoms with E-state index in [1.54, 1.807) is 156 Å². The van der Waals surface area contributed by atoms with Gasteiger partial charge >= 0.3 is 67.7 Å². The maximum absolute atomic E-state index is 13.4. The Labute approximate surface area is 571 Å². The Balaban J connectivity index is 0.0000120. The van der Waals surface area contributed by atoms with E-state index in [-0.39, 0.29) is 91.0 Å². The molecule has 97 heavy (non-hydrogen) atoms. The van der Waals surface area contributed by atoms with Gasteiger partial charge in [0.1, 0.15) is 46.6 Å². The Morgan fingerprint density at radius 1 is 0.340 bits per heavy atom. The van der Waals surface area contributed by atoms with Crippen LogP contribution in [0.1, 0.15) is 105 Å². The molecule has 28 nitrogen and oxygen atoms in total. The Morgan fingerprint density at radius 3 is 0.835 bits per heavy atom. The molecule has 4 aromatic carbocycles. The van der Waals surface area contributed by atoms with E-state index in [0.29, 0.717) is 66.1 Å². The number of esters is 4. The fourth-order valence-electron chi connectivity index (χ4n) is 10.4. The number of nitrogens with one attached hydrogen (secondary N) is 4. The SMILES string of the molecule is COC(=O)C(Cc1ccc2c(c1)-c1nc-2nc2[n-]c(nc3nc(nc4[n-]c(n1)c1ccc(CC(NC(=O)OC(C)(C)C)C(=O)OC)cc41)-c1cc(CC(NC(=O)OC(C)(C)C)C(=O)OC)ccc1-3)c1cc(CC(NC(=O)OC(C)(C)C)C(=O)OC)ccc21)NC(=O)OC(C)(C)C.[Zn+2]. The van der Waals surface area contributed by atoms with E-state index < -0.39 is 94.8 Å². The molecule has 29 heteroatoms. The van der Waals surface area contributed by atoms with Crippen molar-refractivity contribution >= 4 is 92.4 Å². The van der Waals surface area contributed by atoms with Gasteiger partial charge in [0.15, 0.2) is 0 Å². The first kappa shape index (κ1) is 72.6. The fourth-order valence-corrected chi connectivity index (χ4v) is 10.4. The molecule has 4 N–H and O–H groups in total. The Kier molecular flexibility index (Phi) is 21.7. The van der Waals surface area contributed by atoms with Crippen molar-refractivity contribution in [3.8, 4) is 45.6 Å². The molecule has 2 aliphatic rings. The third-order valence-electron chi connectivity index (χ3n) is 14.4. The van der Waals surface area contributed by atoms with Crippen molar-refractivity contribution in [2.24, 2.45) is 0 Å². The molecular formula is C68H76N12O16Zn. The van der Waals surface area contributed by atoms with Gasteiger partial charge in [-0.05, 0) is 139 Å². The largest absolute Gasteiger partial charge is 2.00 e. The second kappa shape index (κ2) is 29.0. The van der Waals surface area contributed by atoms with Crippen LogP contribution in [0.15, 0.2) is 72.8 Å². The first-order chi connectivity index (χ1) is 45.1. The number of amides is 4. The Bertz CT molecular complexity index is 4430. The Hall–Kier alpha value is -10.2. The third kappa shape index (κ3) is 18.2. The van der Waals surface area contributed by atoms with E-state index in [4.69, 9.17) is 77.8 Å². The van der Waals surface area contributed by atoms with Crippen LogP contribution >= 0.6 is 0 Å². The summed E-state index contributed by atoms with van der Waals surface area (Å²) in [7, 11) is 4.80. The molecule has 7 aromatic rings. The topological polar surface area (TPSA) is 364 Å². The van der Waals surface area contributed by atoms with Crippen LogP contribution < -0.4 is 31.2 Å². The predicted octanol–water partition coefficient (Wildman–Crippen LogP) is 8.56. The molecule has 0 saturated heterocycles. The van der Waals surface area contributed by atoms with Crippen molar-refractivity contribution in [1.82, 2.24) is 61.1 Å². The van der Waals surface area contributed by atoms with Crippen molar-refractivity contribution in [3.05, 3.63) is 95.1 Å². The molecule has 9 rings (SSSR count). The minimum Gasteiger partial charge on any atom is -0.467 e. The van der Waals surface area contributed by atoms with Crippen LogP contribution in [-0.4, -0.2) is 153 Å². The zero-order valence-corrected chi connectivity index (χ0v) is 59.8. The summed E-state index contributed by atoms with van der Waals surface area (Å²) in [5, 5.41) is 12.3. The van der Waals surface area contributed by atoms with Crippen LogP contribution in [0.3, 0.4) is 0 Å². The normalized spacial score (nSPS) is 13.2. The number of hydrogen-bond acceptors (Lipinski definition) is 22. The predicted molar refractivity (Wildman–Crippen MR) is 350 cm³/mol. The number of rotatable bonds is 16. The monoisotopic (exact) mass is 1380 g/mol. The summed E-state index contributed by atoms with van der Waals surface area (Å²) in [5.74, 6) is -2.54. The number of carbonyl (C=O) groups is 8. The van der Waals surface area contributed by atoms with Crippen LogP contribution in [0.2, 0.25) is 0 Å². The number of benzene rings is 4. The third-order valence-corrected chi connectivity index (χ3v) is 14.4. The molecule has 506 valence electrons. The molecule has 8 bridgehead atoms. The minimum atomic E-state index is -1.22. The molecule has 4 unspecified atom stereocenters. The number of ether oxygens (including phenoxy) is 8. The van der Waals surface area contributed by atoms with Gasteiger partial charge in [-0.25, -0.2) is 48.3 Å². The van der Waals surface area contributed by atoms with Gasteiger partial charge in [0.2, 0.25) is 0 Å². The van der Waals surface area contributed by atoms with E-state index >= 15 is 0 Å². The molecule has 2 aliphatic heterocycles. The molecule has 0 aliphatic carbocycles. The molecule has 0 fully saturated rings. The van der Waals surface area contributed by atoms with Crippen LogP contribution in [-0.2, 0) is 102 Å². The average Bonchev–Trinajstić information content (AvgIpc) is 1.60. The summed E-state index contributed by atoms with van der Waals surface area (Å²) in [5.41, 5.74) is 0.748. The first-order valence-corrected chi connectivity index (χ1v) is 30.6. The van der Waals surface area contributed by atoms with Gasteiger partial charge in [0, 0.05) is 70.5 Å². The standard InChI is InChI=1S/C68H78N12O16.Zn/c1-65(2,3)93-61(85)69-45(57(81)89-13)29-33-17-21-37-41(25-33)53-74-49(37)73-50-38-22-18-34(30-46(58(82)90-14)70-62(86)94-66(4,5)6)26-42(38)54(75-50)77-52-40-24-20-36(32-48(60(84)92-16)72-64(88)96-68(10,11)12)28-44(40)56(79-52)80-55-43-27-35(19-23-39(43)51(76-53)78-55)31-47(59(83)91-15)71-63(87)95-67(7,8)9;/h17-28,45-48H,29-32H2,1-16H3,(H6,69,70,71,72,73,74,75,76,77,78,79,80,85,86,87,88);/q;+2/p-2. The molecular weight excluding hydrogens is 1310 g/mol. The van der Waals surface area contributed by atoms with Gasteiger partial charge < -0.3 is 89.1 Å². The van der Waals surface area contributed by atoms with Crippen molar-refractivity contribution < 1.29 is 95.7 Å². The second-order valence-corrected chi connectivity index (χ2v) is 26.7. The molecule has 3 aromatic heterocycles. The number of methoxy groups -OCH3 is 4. The van der Waals surface area contributed by atoms with Gasteiger partial charge in [-0.2, -0.15) is 0 Å². The number of fused-ring (bicyclic) bond motifs is 20. The van der Waals surface area contributed by atoms with Crippen molar-refractivity contribution in [2.45, 2.75) is 155 Å². The average molecular weight is 1380 g/mol. The summed E-state index contributed by atoms with van der Waals surface area (Å²) >= 11 is 0. The van der Waals surface area contributed by atoms with Gasteiger partial charge in [-0.3, -0.25) is 0 Å². The van der Waals surface area contributed by atoms with Gasteiger partial charge in [0.25, 0.3) is 0 Å².